The van der Waals surface area contributed by atoms with Gasteiger partial charge in [-0.3, -0.25) is 4.79 Å². The van der Waals surface area contributed by atoms with E-state index in [-0.39, 0.29) is 30.7 Å². The largest absolute Gasteiger partial charge is 1.00 e. The maximum atomic E-state index is 12.0. The van der Waals surface area contributed by atoms with Crippen molar-refractivity contribution in [1.82, 2.24) is 0 Å². The number of hydrogen-bond acceptors (Lipinski definition) is 1. The van der Waals surface area contributed by atoms with E-state index in [4.69, 9.17) is 11.6 Å². The molecular weight excluding hydrogens is 333 g/mol. The first kappa shape index (κ1) is 22.8. The number of likely N-dealkylation sites (N-methyl/N-ethyl adjacent to an activating group) is 2. The lowest BCUT2D eigenvalue weighted by atomic mass is 10.3. The van der Waals surface area contributed by atoms with Crippen LogP contribution < -0.4 is 39.9 Å². The van der Waals surface area contributed by atoms with Gasteiger partial charge in [0, 0.05) is 0 Å². The van der Waals surface area contributed by atoms with E-state index in [0.717, 1.165) is 19.6 Å². The van der Waals surface area contributed by atoms with Gasteiger partial charge in [0.25, 0.3) is 5.91 Å². The number of quaternary nitrogens is 2. The van der Waals surface area contributed by atoms with Crippen molar-refractivity contribution < 1.29 is 39.4 Å². The van der Waals surface area contributed by atoms with Crippen molar-refractivity contribution in [2.75, 3.05) is 45.6 Å². The van der Waals surface area contributed by atoms with Crippen molar-refractivity contribution in [2.24, 2.45) is 0 Å². The molecule has 1 aromatic carbocycles. The molecule has 0 heterocycles. The Hall–Kier alpha value is -0.520. The summed E-state index contributed by atoms with van der Waals surface area (Å²) in [4.78, 5) is 14.7. The van der Waals surface area contributed by atoms with Gasteiger partial charge in [-0.05, 0) is 19.1 Å². The van der Waals surface area contributed by atoms with Crippen LogP contribution in [0.1, 0.15) is 6.92 Å². The van der Waals surface area contributed by atoms with Crippen LogP contribution in [0.15, 0.2) is 24.3 Å². The normalized spacial score (nSPS) is 11.3. The van der Waals surface area contributed by atoms with Gasteiger partial charge in [-0.1, -0.05) is 23.7 Å². The van der Waals surface area contributed by atoms with Gasteiger partial charge in [-0.2, -0.15) is 0 Å². The van der Waals surface area contributed by atoms with Crippen LogP contribution in [0, 0.1) is 0 Å². The van der Waals surface area contributed by atoms with Gasteiger partial charge in [-0.25, -0.2) is 0 Å². The molecule has 0 aliphatic rings. The predicted octanol–water partition coefficient (Wildman–Crippen LogP) is -6.66. The zero-order valence-electron chi connectivity index (χ0n) is 12.7. The van der Waals surface area contributed by atoms with Crippen LogP contribution in [0.4, 0.5) is 5.69 Å². The van der Waals surface area contributed by atoms with Crippen LogP contribution in [0.2, 0.25) is 5.02 Å². The third-order valence-corrected chi connectivity index (χ3v) is 3.37. The molecule has 0 bridgehead atoms. The maximum Gasteiger partial charge on any atom is 0.279 e. The molecule has 1 aromatic rings. The average Bonchev–Trinajstić information content (AvgIpc) is 2.37. The molecule has 1 unspecified atom stereocenters. The number of rotatable bonds is 7. The Balaban J connectivity index is 0. The molecule has 0 fully saturated rings. The lowest BCUT2D eigenvalue weighted by Crippen LogP contribution is -3.18. The number of anilines is 1. The third-order valence-electron chi connectivity index (χ3n) is 3.04. The molecule has 0 spiro atoms. The van der Waals surface area contributed by atoms with E-state index in [1.165, 1.54) is 9.80 Å². The van der Waals surface area contributed by atoms with E-state index in [0.29, 0.717) is 17.3 Å². The average molecular weight is 357 g/mol. The molecule has 0 saturated heterocycles. The number of para-hydroxylation sites is 1. The molecule has 122 valence electrons. The van der Waals surface area contributed by atoms with Crippen LogP contribution in [-0.2, 0) is 4.79 Å². The fraction of sp³-hybridized carbons (Fsp3) is 0.500. The SMILES string of the molecule is CC[NH+](CC[NH+](C)C)CC(=O)Nc1ccccc1Cl.[Cl-].[Cl-]. The van der Waals surface area contributed by atoms with Crippen LogP contribution in [0.3, 0.4) is 0 Å². The number of carbonyl (C=O) groups excluding carboxylic acids is 1. The molecule has 21 heavy (non-hydrogen) atoms. The monoisotopic (exact) mass is 355 g/mol. The van der Waals surface area contributed by atoms with Gasteiger partial charge in [0.15, 0.2) is 6.54 Å². The second-order valence-electron chi connectivity index (χ2n) is 5.02. The Bertz CT molecular complexity index is 416. The van der Waals surface area contributed by atoms with Gasteiger partial charge in [0.2, 0.25) is 0 Å². The number of benzene rings is 1. The Morgan fingerprint density at radius 3 is 2.33 bits per heavy atom. The number of carbonyl (C=O) groups is 1. The fourth-order valence-corrected chi connectivity index (χ4v) is 1.98. The van der Waals surface area contributed by atoms with Crippen molar-refractivity contribution >= 4 is 23.2 Å². The lowest BCUT2D eigenvalue weighted by Gasteiger charge is -2.18. The molecule has 1 rings (SSSR count). The van der Waals surface area contributed by atoms with Gasteiger partial charge in [-0.15, -0.1) is 0 Å². The molecule has 0 aliphatic carbocycles. The van der Waals surface area contributed by atoms with Crippen molar-refractivity contribution in [1.29, 1.82) is 0 Å². The molecule has 7 heteroatoms. The summed E-state index contributed by atoms with van der Waals surface area (Å²) in [5.74, 6) is 0.0127. The zero-order chi connectivity index (χ0) is 14.3. The summed E-state index contributed by atoms with van der Waals surface area (Å²) in [5.41, 5.74) is 0.683. The summed E-state index contributed by atoms with van der Waals surface area (Å²) < 4.78 is 0. The summed E-state index contributed by atoms with van der Waals surface area (Å²) in [5, 5.41) is 3.44. The summed E-state index contributed by atoms with van der Waals surface area (Å²) in [6.07, 6.45) is 0. The quantitative estimate of drug-likeness (QED) is 0.447. The molecule has 0 aromatic heterocycles. The van der Waals surface area contributed by atoms with Crippen LogP contribution in [0.25, 0.3) is 0 Å². The number of nitrogens with one attached hydrogen (secondary N) is 3. The van der Waals surface area contributed by atoms with E-state index < -0.39 is 0 Å². The van der Waals surface area contributed by atoms with Gasteiger partial charge >= 0.3 is 0 Å². The van der Waals surface area contributed by atoms with E-state index in [1.54, 1.807) is 6.07 Å². The lowest BCUT2D eigenvalue weighted by molar-refractivity contribution is -0.935. The molecule has 1 atom stereocenters. The Morgan fingerprint density at radius 2 is 1.81 bits per heavy atom. The second-order valence-corrected chi connectivity index (χ2v) is 5.42. The molecule has 0 saturated carbocycles. The highest BCUT2D eigenvalue weighted by Crippen LogP contribution is 2.19. The molecule has 4 nitrogen and oxygen atoms in total. The minimum absolute atomic E-state index is 0. The molecule has 3 N–H and O–H groups in total. The summed E-state index contributed by atoms with van der Waals surface area (Å²) in [6.45, 7) is 5.58. The van der Waals surface area contributed by atoms with Crippen molar-refractivity contribution in [3.63, 3.8) is 0 Å². The first-order chi connectivity index (χ1) is 9.02. The third kappa shape index (κ3) is 9.17. The van der Waals surface area contributed by atoms with Crippen LogP contribution in [-0.4, -0.2) is 46.2 Å². The smallest absolute Gasteiger partial charge is 0.279 e. The minimum Gasteiger partial charge on any atom is -1.00 e. The standard InChI is InChI=1S/C14H22ClN3O.2ClH/c1-4-18(10-9-17(2)3)11-14(19)16-13-8-6-5-7-12(13)15;;/h5-8H,4,9-11H2,1-3H3,(H,16,19);2*1H. The Morgan fingerprint density at radius 1 is 1.19 bits per heavy atom. The summed E-state index contributed by atoms with van der Waals surface area (Å²) in [6, 6.07) is 7.30. The van der Waals surface area contributed by atoms with Crippen LogP contribution in [0.5, 0.6) is 0 Å². The van der Waals surface area contributed by atoms with E-state index in [1.807, 2.05) is 18.2 Å². The number of halogens is 3. The highest BCUT2D eigenvalue weighted by molar-refractivity contribution is 6.33. The Kier molecular flexibility index (Phi) is 13.1. The van der Waals surface area contributed by atoms with E-state index in [2.05, 4.69) is 26.3 Å². The van der Waals surface area contributed by atoms with Gasteiger partial charge < -0.3 is 39.9 Å². The zero-order valence-corrected chi connectivity index (χ0v) is 14.9. The second kappa shape index (κ2) is 12.1. The first-order valence-corrected chi connectivity index (χ1v) is 7.07. The highest BCUT2D eigenvalue weighted by Gasteiger charge is 2.14. The molecular formula is C14H24Cl3N3O. The first-order valence-electron chi connectivity index (χ1n) is 6.70. The summed E-state index contributed by atoms with van der Waals surface area (Å²) in [7, 11) is 4.24. The highest BCUT2D eigenvalue weighted by atomic mass is 35.5. The fourth-order valence-electron chi connectivity index (χ4n) is 1.80. The van der Waals surface area contributed by atoms with Crippen LogP contribution >= 0.6 is 11.6 Å². The minimum atomic E-state index is 0. The van der Waals surface area contributed by atoms with Gasteiger partial charge in [0.05, 0.1) is 31.4 Å². The Labute approximate surface area is 144 Å². The summed E-state index contributed by atoms with van der Waals surface area (Å²) >= 11 is 6.02. The molecule has 0 aliphatic heterocycles. The maximum absolute atomic E-state index is 12.0. The van der Waals surface area contributed by atoms with E-state index >= 15 is 0 Å². The number of amides is 1. The van der Waals surface area contributed by atoms with Crippen molar-refractivity contribution in [3.05, 3.63) is 29.3 Å². The van der Waals surface area contributed by atoms with Crippen molar-refractivity contribution in [3.8, 4) is 0 Å². The van der Waals surface area contributed by atoms with Crippen molar-refractivity contribution in [2.45, 2.75) is 6.92 Å². The van der Waals surface area contributed by atoms with Gasteiger partial charge in [0.1, 0.15) is 13.1 Å². The topological polar surface area (TPSA) is 38.0 Å². The van der Waals surface area contributed by atoms with E-state index in [9.17, 15) is 4.79 Å². The number of hydrogen-bond donors (Lipinski definition) is 3. The molecule has 0 radical (unpaired) electrons. The predicted molar refractivity (Wildman–Crippen MR) is 79.0 cm³/mol. The molecule has 1 amide bonds.